The third-order valence-corrected chi connectivity index (χ3v) is 5.36. The highest BCUT2D eigenvalue weighted by Crippen LogP contribution is 2.36. The van der Waals surface area contributed by atoms with E-state index in [0.717, 1.165) is 11.2 Å². The summed E-state index contributed by atoms with van der Waals surface area (Å²) < 4.78 is 3.43. The zero-order valence-corrected chi connectivity index (χ0v) is 16.1. The number of H-pyrrole nitrogens is 1. The van der Waals surface area contributed by atoms with Crippen LogP contribution in [0.1, 0.15) is 12.1 Å². The third kappa shape index (κ3) is 2.57. The third-order valence-electron chi connectivity index (χ3n) is 5.36. The molecule has 1 aliphatic rings. The molecule has 11 heteroatoms. The van der Waals surface area contributed by atoms with E-state index in [2.05, 4.69) is 32.7 Å². The van der Waals surface area contributed by atoms with Crippen molar-refractivity contribution in [2.75, 3.05) is 18.8 Å². The van der Waals surface area contributed by atoms with Crippen molar-refractivity contribution in [3.63, 3.8) is 0 Å². The minimum absolute atomic E-state index is 0.230. The number of nitrogens with one attached hydrogen (secondary N) is 1. The lowest BCUT2D eigenvalue weighted by Crippen LogP contribution is -2.60. The number of aryl methyl sites for hydroxylation is 1. The second kappa shape index (κ2) is 6.32. The number of aromatic nitrogens is 7. The molecule has 0 atom stereocenters. The van der Waals surface area contributed by atoms with E-state index in [4.69, 9.17) is 16.0 Å². The molecule has 0 spiro atoms. The van der Waals surface area contributed by atoms with Gasteiger partial charge in [-0.05, 0) is 19.1 Å². The highest BCUT2D eigenvalue weighted by Gasteiger charge is 2.46. The lowest BCUT2D eigenvalue weighted by Gasteiger charge is -2.46. The number of aromatic amines is 1. The molecule has 1 aliphatic heterocycles. The van der Waals surface area contributed by atoms with Crippen LogP contribution >= 0.6 is 0 Å². The first-order valence-corrected chi connectivity index (χ1v) is 9.27. The van der Waals surface area contributed by atoms with E-state index in [1.165, 1.54) is 0 Å². The fourth-order valence-electron chi connectivity index (χ4n) is 3.83. The SMILES string of the molecule is Cc1cc(-c2cn3nccc3c(-c3cn(C4(CC#N)CN(C#N)C4)nc3N)n2)n[nH]1. The molecule has 4 aromatic heterocycles. The van der Waals surface area contributed by atoms with Gasteiger partial charge in [-0.1, -0.05) is 0 Å². The first kappa shape index (κ1) is 17.7. The molecule has 0 aliphatic carbocycles. The molecule has 5 heterocycles. The van der Waals surface area contributed by atoms with Crippen LogP contribution in [0.4, 0.5) is 5.82 Å². The van der Waals surface area contributed by atoms with Crippen LogP contribution in [0.25, 0.3) is 28.2 Å². The van der Waals surface area contributed by atoms with Gasteiger partial charge in [0.05, 0.1) is 49.1 Å². The summed E-state index contributed by atoms with van der Waals surface area (Å²) in [6.07, 6.45) is 7.63. The van der Waals surface area contributed by atoms with Gasteiger partial charge in [0.1, 0.15) is 22.6 Å². The summed E-state index contributed by atoms with van der Waals surface area (Å²) in [7, 11) is 0. The summed E-state index contributed by atoms with van der Waals surface area (Å²) in [5.41, 5.74) is 10.0. The molecule has 148 valence electrons. The summed E-state index contributed by atoms with van der Waals surface area (Å²) in [5.74, 6) is 0.300. The molecule has 0 amide bonds. The first-order chi connectivity index (χ1) is 14.5. The molecule has 0 saturated carbocycles. The van der Waals surface area contributed by atoms with Crippen molar-refractivity contribution in [3.8, 4) is 34.9 Å². The van der Waals surface area contributed by atoms with Crippen LogP contribution in [0, 0.1) is 29.7 Å². The largest absolute Gasteiger partial charge is 0.382 e. The molecule has 1 fully saturated rings. The van der Waals surface area contributed by atoms with Gasteiger partial charge in [0, 0.05) is 11.9 Å². The van der Waals surface area contributed by atoms with Crippen molar-refractivity contribution < 1.29 is 0 Å². The van der Waals surface area contributed by atoms with Crippen LogP contribution < -0.4 is 5.73 Å². The fraction of sp³-hybridized carbons (Fsp3) is 0.263. The lowest BCUT2D eigenvalue weighted by atomic mass is 9.87. The number of nitrogens with zero attached hydrogens (tertiary/aromatic N) is 9. The van der Waals surface area contributed by atoms with Crippen LogP contribution in [0.3, 0.4) is 0 Å². The maximum absolute atomic E-state index is 9.30. The number of hydrogen-bond donors (Lipinski definition) is 2. The number of likely N-dealkylation sites (tertiary alicyclic amines) is 1. The van der Waals surface area contributed by atoms with Gasteiger partial charge in [-0.15, -0.1) is 0 Å². The number of anilines is 1. The van der Waals surface area contributed by atoms with Gasteiger partial charge in [0.2, 0.25) is 0 Å². The Labute approximate surface area is 171 Å². The van der Waals surface area contributed by atoms with E-state index in [1.807, 2.05) is 25.3 Å². The smallest absolute Gasteiger partial charge is 0.179 e. The fourth-order valence-corrected chi connectivity index (χ4v) is 3.83. The van der Waals surface area contributed by atoms with Crippen LogP contribution in [-0.2, 0) is 5.54 Å². The van der Waals surface area contributed by atoms with Gasteiger partial charge in [-0.3, -0.25) is 9.78 Å². The standard InChI is InChI=1S/C19H17N11/c1-12-6-14(26-25-12)15-8-29-16(2-5-23-29)17(24-15)13-7-30(27-18(13)22)19(3-4-20)9-28(10-19)11-21/h2,5-8H,3,9-10H2,1H3,(H2,22,27)(H,25,26). The normalized spacial score (nSPS) is 15.0. The molecular formula is C19H17N11. The second-order valence-corrected chi connectivity index (χ2v) is 7.46. The Bertz CT molecular complexity index is 1340. The minimum atomic E-state index is -0.579. The van der Waals surface area contributed by atoms with Crippen molar-refractivity contribution in [1.82, 2.24) is 39.5 Å². The highest BCUT2D eigenvalue weighted by molar-refractivity contribution is 5.83. The Morgan fingerprint density at radius 3 is 2.80 bits per heavy atom. The Morgan fingerprint density at radius 2 is 2.10 bits per heavy atom. The number of nitriles is 2. The molecule has 3 N–H and O–H groups in total. The lowest BCUT2D eigenvalue weighted by molar-refractivity contribution is 0.0507. The number of rotatable bonds is 4. The van der Waals surface area contributed by atoms with Crippen molar-refractivity contribution in [2.24, 2.45) is 0 Å². The molecule has 4 aromatic rings. The molecule has 0 bridgehead atoms. The van der Waals surface area contributed by atoms with E-state index in [9.17, 15) is 5.26 Å². The summed E-state index contributed by atoms with van der Waals surface area (Å²) in [6.45, 7) is 2.75. The van der Waals surface area contributed by atoms with Gasteiger partial charge in [-0.25, -0.2) is 9.50 Å². The van der Waals surface area contributed by atoms with E-state index in [0.29, 0.717) is 41.6 Å². The maximum atomic E-state index is 9.30. The number of hydrogen-bond acceptors (Lipinski definition) is 8. The Balaban J connectivity index is 1.64. The molecular weight excluding hydrogens is 382 g/mol. The van der Waals surface area contributed by atoms with E-state index in [-0.39, 0.29) is 6.42 Å². The average Bonchev–Trinajstić information content (AvgIpc) is 3.43. The Kier molecular flexibility index (Phi) is 3.73. The van der Waals surface area contributed by atoms with Crippen molar-refractivity contribution in [1.29, 1.82) is 10.5 Å². The predicted octanol–water partition coefficient (Wildman–Crippen LogP) is 1.28. The molecule has 1 saturated heterocycles. The zero-order valence-electron chi connectivity index (χ0n) is 16.1. The molecule has 11 nitrogen and oxygen atoms in total. The van der Waals surface area contributed by atoms with Crippen molar-refractivity contribution >= 4 is 11.3 Å². The van der Waals surface area contributed by atoms with Gasteiger partial charge >= 0.3 is 0 Å². The quantitative estimate of drug-likeness (QED) is 0.486. The van der Waals surface area contributed by atoms with E-state index < -0.39 is 5.54 Å². The minimum Gasteiger partial charge on any atom is -0.382 e. The van der Waals surface area contributed by atoms with E-state index in [1.54, 1.807) is 26.5 Å². The van der Waals surface area contributed by atoms with Crippen LogP contribution in [0.15, 0.2) is 30.7 Å². The number of nitrogens with two attached hydrogens (primary N) is 1. The maximum Gasteiger partial charge on any atom is 0.179 e. The average molecular weight is 399 g/mol. The Hall–Kier alpha value is -4.38. The van der Waals surface area contributed by atoms with Crippen LogP contribution in [0.2, 0.25) is 0 Å². The van der Waals surface area contributed by atoms with Crippen molar-refractivity contribution in [3.05, 3.63) is 36.4 Å². The zero-order chi connectivity index (χ0) is 20.9. The topological polar surface area (TPSA) is 154 Å². The first-order valence-electron chi connectivity index (χ1n) is 9.27. The highest BCUT2D eigenvalue weighted by atomic mass is 15.4. The predicted molar refractivity (Wildman–Crippen MR) is 106 cm³/mol. The monoisotopic (exact) mass is 399 g/mol. The van der Waals surface area contributed by atoms with Crippen LogP contribution in [0.5, 0.6) is 0 Å². The summed E-state index contributed by atoms with van der Waals surface area (Å²) in [5, 5.41) is 34.5. The van der Waals surface area contributed by atoms with Crippen LogP contribution in [-0.4, -0.2) is 52.6 Å². The van der Waals surface area contributed by atoms with E-state index >= 15 is 0 Å². The number of fused-ring (bicyclic) bond motifs is 1. The summed E-state index contributed by atoms with van der Waals surface area (Å²) in [4.78, 5) is 6.39. The molecule has 30 heavy (non-hydrogen) atoms. The summed E-state index contributed by atoms with van der Waals surface area (Å²) >= 11 is 0. The van der Waals surface area contributed by atoms with Crippen molar-refractivity contribution in [2.45, 2.75) is 18.9 Å². The number of nitrogen functional groups attached to an aromatic ring is 1. The van der Waals surface area contributed by atoms with Gasteiger partial charge in [0.15, 0.2) is 12.0 Å². The molecule has 0 unspecified atom stereocenters. The Morgan fingerprint density at radius 1 is 1.27 bits per heavy atom. The molecule has 5 rings (SSSR count). The van der Waals surface area contributed by atoms with Gasteiger partial charge in [-0.2, -0.15) is 25.8 Å². The van der Waals surface area contributed by atoms with Gasteiger partial charge in [0.25, 0.3) is 0 Å². The summed E-state index contributed by atoms with van der Waals surface area (Å²) in [6, 6.07) is 5.96. The molecule has 0 radical (unpaired) electrons. The van der Waals surface area contributed by atoms with Gasteiger partial charge < -0.3 is 10.6 Å². The second-order valence-electron chi connectivity index (χ2n) is 7.46. The molecule has 0 aromatic carbocycles.